The Hall–Kier alpha value is -3.94. The fourth-order valence-corrected chi connectivity index (χ4v) is 4.46. The molecule has 1 heterocycles. The van der Waals surface area contributed by atoms with Crippen molar-refractivity contribution in [2.75, 3.05) is 11.4 Å². The maximum absolute atomic E-state index is 14.6. The first-order valence-corrected chi connectivity index (χ1v) is 10.2. The summed E-state index contributed by atoms with van der Waals surface area (Å²) in [5.41, 5.74) is 3.22. The zero-order valence-electron chi connectivity index (χ0n) is 17.6. The predicted molar refractivity (Wildman–Crippen MR) is 110 cm³/mol. The zero-order chi connectivity index (χ0) is 24.8. The molecule has 2 fully saturated rings. The number of carbonyl (C=O) groups excluding carboxylic acids is 3. The Morgan fingerprint density at radius 3 is 2.32 bits per heavy atom. The molecule has 4 rings (SSSR count). The molecule has 0 radical (unpaired) electrons. The minimum Gasteiger partial charge on any atom is -0.369 e. The lowest BCUT2D eigenvalue weighted by molar-refractivity contribution is -0.164. The second kappa shape index (κ2) is 8.13. The van der Waals surface area contributed by atoms with Crippen LogP contribution >= 0.6 is 0 Å². The third-order valence-corrected chi connectivity index (χ3v) is 6.31. The van der Waals surface area contributed by atoms with Gasteiger partial charge in [-0.2, -0.15) is 18.4 Å². The van der Waals surface area contributed by atoms with Gasteiger partial charge in [0.05, 0.1) is 22.9 Å². The lowest BCUT2D eigenvalue weighted by atomic mass is 9.64. The molecule has 2 aliphatic rings. The van der Waals surface area contributed by atoms with Gasteiger partial charge in [0.15, 0.2) is 0 Å². The van der Waals surface area contributed by atoms with E-state index in [2.05, 4.69) is 0 Å². The van der Waals surface area contributed by atoms with Crippen LogP contribution in [0.4, 0.5) is 23.2 Å². The Morgan fingerprint density at radius 2 is 1.79 bits per heavy atom. The number of piperazine rings is 1. The number of anilines is 1. The SMILES string of the molecule is N#Cc1ccc(N2CC(=O)N(Cc3ccc(C(F)(F)F)cc3)C3(CC(C(N)=O)C3)C2=O)c(F)c1. The minimum absolute atomic E-state index is 0.0353. The van der Waals surface area contributed by atoms with Gasteiger partial charge in [-0.3, -0.25) is 19.3 Å². The molecule has 1 aliphatic carbocycles. The molecule has 1 saturated heterocycles. The molecule has 1 spiro atoms. The average molecular weight is 474 g/mol. The highest BCUT2D eigenvalue weighted by molar-refractivity contribution is 6.10. The van der Waals surface area contributed by atoms with Gasteiger partial charge in [0.25, 0.3) is 5.91 Å². The van der Waals surface area contributed by atoms with Crippen molar-refractivity contribution in [1.29, 1.82) is 5.26 Å². The Morgan fingerprint density at radius 1 is 1.15 bits per heavy atom. The van der Waals surface area contributed by atoms with E-state index < -0.39 is 53.3 Å². The number of nitriles is 1. The molecule has 1 saturated carbocycles. The monoisotopic (exact) mass is 474 g/mol. The zero-order valence-corrected chi connectivity index (χ0v) is 17.6. The van der Waals surface area contributed by atoms with Crippen LogP contribution in [0.2, 0.25) is 0 Å². The number of nitrogens with two attached hydrogens (primary N) is 1. The van der Waals surface area contributed by atoms with Crippen LogP contribution in [0.15, 0.2) is 42.5 Å². The molecule has 2 aromatic rings. The van der Waals surface area contributed by atoms with Crippen LogP contribution in [0, 0.1) is 23.1 Å². The smallest absolute Gasteiger partial charge is 0.369 e. The van der Waals surface area contributed by atoms with E-state index in [9.17, 15) is 31.9 Å². The first-order chi connectivity index (χ1) is 16.0. The minimum atomic E-state index is -4.52. The Labute approximate surface area is 191 Å². The van der Waals surface area contributed by atoms with Gasteiger partial charge in [0, 0.05) is 12.5 Å². The number of carbonyl (C=O) groups is 3. The molecule has 2 N–H and O–H groups in total. The summed E-state index contributed by atoms with van der Waals surface area (Å²) in [6.45, 7) is -0.677. The van der Waals surface area contributed by atoms with E-state index in [-0.39, 0.29) is 30.6 Å². The van der Waals surface area contributed by atoms with Crippen LogP contribution in [-0.4, -0.2) is 34.7 Å². The summed E-state index contributed by atoms with van der Waals surface area (Å²) < 4.78 is 53.3. The van der Waals surface area contributed by atoms with Gasteiger partial charge >= 0.3 is 6.18 Å². The van der Waals surface area contributed by atoms with Crippen LogP contribution in [0.3, 0.4) is 0 Å². The number of rotatable bonds is 4. The molecule has 0 atom stereocenters. The summed E-state index contributed by atoms with van der Waals surface area (Å²) in [6.07, 6.45) is -4.69. The van der Waals surface area contributed by atoms with E-state index >= 15 is 0 Å². The first-order valence-electron chi connectivity index (χ1n) is 10.2. The number of hydrogen-bond donors (Lipinski definition) is 1. The first kappa shape index (κ1) is 23.2. The van der Waals surface area contributed by atoms with Crippen molar-refractivity contribution in [3.05, 3.63) is 65.0 Å². The van der Waals surface area contributed by atoms with Crippen LogP contribution < -0.4 is 10.6 Å². The van der Waals surface area contributed by atoms with E-state index in [0.717, 1.165) is 23.1 Å². The van der Waals surface area contributed by atoms with Crippen LogP contribution in [0.25, 0.3) is 0 Å². The molecule has 0 bridgehead atoms. The third-order valence-electron chi connectivity index (χ3n) is 6.31. The number of alkyl halides is 3. The van der Waals surface area contributed by atoms with Gasteiger partial charge in [-0.05, 0) is 48.7 Å². The van der Waals surface area contributed by atoms with E-state index in [1.807, 2.05) is 0 Å². The molecule has 34 heavy (non-hydrogen) atoms. The molecular formula is C23H18F4N4O3. The number of nitrogens with zero attached hydrogens (tertiary/aromatic N) is 3. The highest BCUT2D eigenvalue weighted by Crippen LogP contribution is 2.47. The Bertz CT molecular complexity index is 1210. The molecule has 7 nitrogen and oxygen atoms in total. The summed E-state index contributed by atoms with van der Waals surface area (Å²) in [5.74, 6) is -3.39. The Kier molecular flexibility index (Phi) is 5.55. The van der Waals surface area contributed by atoms with Crippen molar-refractivity contribution in [3.63, 3.8) is 0 Å². The van der Waals surface area contributed by atoms with Gasteiger partial charge in [-0.15, -0.1) is 0 Å². The van der Waals surface area contributed by atoms with Crippen molar-refractivity contribution in [3.8, 4) is 6.07 Å². The van der Waals surface area contributed by atoms with E-state index in [0.29, 0.717) is 5.56 Å². The van der Waals surface area contributed by atoms with E-state index in [4.69, 9.17) is 11.0 Å². The summed E-state index contributed by atoms with van der Waals surface area (Å²) in [6, 6.07) is 9.45. The fourth-order valence-electron chi connectivity index (χ4n) is 4.46. The summed E-state index contributed by atoms with van der Waals surface area (Å²) in [7, 11) is 0. The van der Waals surface area contributed by atoms with Crippen molar-refractivity contribution < 1.29 is 31.9 Å². The summed E-state index contributed by atoms with van der Waals surface area (Å²) in [5, 5.41) is 8.94. The van der Waals surface area contributed by atoms with E-state index in [1.54, 1.807) is 6.07 Å². The maximum atomic E-state index is 14.6. The van der Waals surface area contributed by atoms with Crippen molar-refractivity contribution in [2.45, 2.75) is 31.1 Å². The second-order valence-corrected chi connectivity index (χ2v) is 8.38. The second-order valence-electron chi connectivity index (χ2n) is 8.38. The van der Waals surface area contributed by atoms with Crippen molar-refractivity contribution in [2.24, 2.45) is 11.7 Å². The largest absolute Gasteiger partial charge is 0.416 e. The number of halogens is 4. The molecule has 1 aliphatic heterocycles. The third kappa shape index (κ3) is 3.85. The quantitative estimate of drug-likeness (QED) is 0.688. The van der Waals surface area contributed by atoms with Crippen LogP contribution in [0.5, 0.6) is 0 Å². The highest BCUT2D eigenvalue weighted by Gasteiger charge is 2.61. The molecule has 3 amide bonds. The number of primary amides is 1. The summed E-state index contributed by atoms with van der Waals surface area (Å²) in [4.78, 5) is 40.5. The number of hydrogen-bond acceptors (Lipinski definition) is 4. The molecule has 2 aromatic carbocycles. The van der Waals surface area contributed by atoms with Gasteiger partial charge in [0.1, 0.15) is 17.9 Å². The average Bonchev–Trinajstić information content (AvgIpc) is 2.74. The van der Waals surface area contributed by atoms with Gasteiger partial charge in [0.2, 0.25) is 11.8 Å². The fraction of sp³-hybridized carbons (Fsp3) is 0.304. The number of amides is 3. The predicted octanol–water partition coefficient (Wildman–Crippen LogP) is 2.73. The van der Waals surface area contributed by atoms with Gasteiger partial charge in [-0.25, -0.2) is 4.39 Å². The molecule has 176 valence electrons. The topological polar surface area (TPSA) is 108 Å². The highest BCUT2D eigenvalue weighted by atomic mass is 19.4. The van der Waals surface area contributed by atoms with Crippen molar-refractivity contribution >= 4 is 23.4 Å². The van der Waals surface area contributed by atoms with Crippen molar-refractivity contribution in [1.82, 2.24) is 4.90 Å². The standard InChI is InChI=1S/C23H18F4N4O3/c24-17-7-14(10-28)3-6-18(17)30-12-19(32)31(22(21(30)34)8-15(9-22)20(29)33)11-13-1-4-16(5-2-13)23(25,26)27/h1-7,15H,8-9,11-12H2,(H2,29,33). The van der Waals surface area contributed by atoms with Gasteiger partial charge < -0.3 is 10.6 Å². The lowest BCUT2D eigenvalue weighted by Crippen LogP contribution is -2.73. The normalized spacial score (nSPS) is 22.5. The van der Waals surface area contributed by atoms with Crippen LogP contribution in [0.1, 0.15) is 29.5 Å². The molecule has 0 aromatic heterocycles. The Balaban J connectivity index is 1.67. The molecular weight excluding hydrogens is 456 g/mol. The van der Waals surface area contributed by atoms with Gasteiger partial charge in [-0.1, -0.05) is 12.1 Å². The number of benzene rings is 2. The van der Waals surface area contributed by atoms with E-state index in [1.165, 1.54) is 29.2 Å². The molecule has 11 heteroatoms. The van der Waals surface area contributed by atoms with Crippen LogP contribution in [-0.2, 0) is 27.1 Å². The molecule has 0 unspecified atom stereocenters. The maximum Gasteiger partial charge on any atom is 0.416 e. The summed E-state index contributed by atoms with van der Waals surface area (Å²) >= 11 is 0. The lowest BCUT2D eigenvalue weighted by Gasteiger charge is -2.56.